The van der Waals surface area contributed by atoms with Crippen molar-refractivity contribution in [2.75, 3.05) is 23.8 Å². The highest BCUT2D eigenvalue weighted by atomic mass is 79.9. The van der Waals surface area contributed by atoms with Gasteiger partial charge in [0, 0.05) is 29.8 Å². The molecule has 0 bridgehead atoms. The van der Waals surface area contributed by atoms with Gasteiger partial charge >= 0.3 is 0 Å². The van der Waals surface area contributed by atoms with Crippen LogP contribution in [0.4, 0.5) is 11.8 Å². The molecule has 0 fully saturated rings. The molecule has 0 saturated carbocycles. The summed E-state index contributed by atoms with van der Waals surface area (Å²) in [7, 11) is 0. The number of hydrogen-bond acceptors (Lipinski definition) is 6. The van der Waals surface area contributed by atoms with Crippen LogP contribution in [0.25, 0.3) is 11.4 Å². The molecule has 0 unspecified atom stereocenters. The standard InChI is InChI=1S/C18H18BrN5O/c19-14-5-3-4-13(10-14)12-22-17-11-16(15-6-1-2-7-20-15)23-18(24-17)21-8-9-25/h1-7,10-11,25H,8-9,12H2,(H2,21,22,23,24). The minimum absolute atomic E-state index is 0.0119. The highest BCUT2D eigenvalue weighted by Gasteiger charge is 2.07. The van der Waals surface area contributed by atoms with E-state index in [2.05, 4.69) is 47.6 Å². The zero-order chi connectivity index (χ0) is 17.5. The van der Waals surface area contributed by atoms with Crippen molar-refractivity contribution in [1.82, 2.24) is 15.0 Å². The summed E-state index contributed by atoms with van der Waals surface area (Å²) in [6.45, 7) is 1.03. The molecule has 6 nitrogen and oxygen atoms in total. The molecule has 2 heterocycles. The van der Waals surface area contributed by atoms with E-state index < -0.39 is 0 Å². The largest absolute Gasteiger partial charge is 0.395 e. The van der Waals surface area contributed by atoms with E-state index in [-0.39, 0.29) is 6.61 Å². The van der Waals surface area contributed by atoms with Crippen LogP contribution in [0.3, 0.4) is 0 Å². The van der Waals surface area contributed by atoms with Crippen LogP contribution in [-0.4, -0.2) is 33.2 Å². The second-order valence-corrected chi connectivity index (χ2v) is 6.23. The van der Waals surface area contributed by atoms with Gasteiger partial charge in [-0.1, -0.05) is 34.1 Å². The Morgan fingerprint density at radius 1 is 0.960 bits per heavy atom. The average molecular weight is 400 g/mol. The Balaban J connectivity index is 1.84. The summed E-state index contributed by atoms with van der Waals surface area (Å²) in [6.07, 6.45) is 1.73. The van der Waals surface area contributed by atoms with Gasteiger partial charge < -0.3 is 15.7 Å². The van der Waals surface area contributed by atoms with Crippen LogP contribution >= 0.6 is 15.9 Å². The lowest BCUT2D eigenvalue weighted by Gasteiger charge is -2.11. The van der Waals surface area contributed by atoms with E-state index >= 15 is 0 Å². The summed E-state index contributed by atoms with van der Waals surface area (Å²) in [6, 6.07) is 15.6. The number of hydrogen-bond donors (Lipinski definition) is 3. The fourth-order valence-electron chi connectivity index (χ4n) is 2.27. The van der Waals surface area contributed by atoms with Crippen molar-refractivity contribution in [1.29, 1.82) is 0 Å². The molecule has 0 saturated heterocycles. The summed E-state index contributed by atoms with van der Waals surface area (Å²) in [5, 5.41) is 15.3. The third-order valence-electron chi connectivity index (χ3n) is 3.41. The van der Waals surface area contributed by atoms with Crippen LogP contribution in [0.15, 0.2) is 59.2 Å². The highest BCUT2D eigenvalue weighted by Crippen LogP contribution is 2.20. The smallest absolute Gasteiger partial charge is 0.225 e. The van der Waals surface area contributed by atoms with E-state index in [4.69, 9.17) is 5.11 Å². The number of rotatable bonds is 7. The number of aliphatic hydroxyl groups is 1. The zero-order valence-corrected chi connectivity index (χ0v) is 15.1. The van der Waals surface area contributed by atoms with Crippen molar-refractivity contribution in [3.8, 4) is 11.4 Å². The van der Waals surface area contributed by atoms with E-state index in [0.29, 0.717) is 30.5 Å². The van der Waals surface area contributed by atoms with Crippen LogP contribution in [0, 0.1) is 0 Å². The zero-order valence-electron chi connectivity index (χ0n) is 13.5. The van der Waals surface area contributed by atoms with Gasteiger partial charge in [0.2, 0.25) is 5.95 Å². The quantitative estimate of drug-likeness (QED) is 0.565. The van der Waals surface area contributed by atoms with Gasteiger partial charge in [0.25, 0.3) is 0 Å². The molecule has 0 amide bonds. The third-order valence-corrected chi connectivity index (χ3v) is 3.90. The Morgan fingerprint density at radius 2 is 1.88 bits per heavy atom. The summed E-state index contributed by atoms with van der Waals surface area (Å²) in [5.74, 6) is 1.14. The molecule has 2 aromatic heterocycles. The van der Waals surface area contributed by atoms with E-state index in [1.165, 1.54) is 0 Å². The molecular formula is C18H18BrN5O. The fraction of sp³-hybridized carbons (Fsp3) is 0.167. The number of aliphatic hydroxyl groups excluding tert-OH is 1. The van der Waals surface area contributed by atoms with Gasteiger partial charge in [0.15, 0.2) is 0 Å². The second-order valence-electron chi connectivity index (χ2n) is 5.31. The first-order valence-electron chi connectivity index (χ1n) is 7.88. The molecule has 0 radical (unpaired) electrons. The number of anilines is 2. The van der Waals surface area contributed by atoms with E-state index in [9.17, 15) is 0 Å². The topological polar surface area (TPSA) is 83.0 Å². The highest BCUT2D eigenvalue weighted by molar-refractivity contribution is 9.10. The number of benzene rings is 1. The maximum Gasteiger partial charge on any atom is 0.225 e. The molecule has 0 aliphatic heterocycles. The second kappa shape index (κ2) is 8.55. The summed E-state index contributed by atoms with van der Waals surface area (Å²) in [4.78, 5) is 13.3. The molecule has 3 rings (SSSR count). The Bertz CT molecular complexity index is 829. The van der Waals surface area contributed by atoms with E-state index in [1.54, 1.807) is 6.20 Å². The average Bonchev–Trinajstić information content (AvgIpc) is 2.65. The first-order valence-corrected chi connectivity index (χ1v) is 8.67. The lowest BCUT2D eigenvalue weighted by atomic mass is 10.2. The molecule has 0 spiro atoms. The molecule has 128 valence electrons. The Kier molecular flexibility index (Phi) is 5.92. The van der Waals surface area contributed by atoms with Crippen LogP contribution in [-0.2, 0) is 6.54 Å². The van der Waals surface area contributed by atoms with Gasteiger partial charge in [-0.25, -0.2) is 4.98 Å². The number of pyridine rings is 1. The molecule has 3 aromatic rings. The predicted octanol–water partition coefficient (Wildman–Crippen LogP) is 3.32. The van der Waals surface area contributed by atoms with Crippen LogP contribution in [0.1, 0.15) is 5.56 Å². The van der Waals surface area contributed by atoms with Crippen molar-refractivity contribution >= 4 is 27.7 Å². The number of nitrogens with one attached hydrogen (secondary N) is 2. The molecule has 0 aliphatic carbocycles. The summed E-state index contributed by atoms with van der Waals surface area (Å²) >= 11 is 3.48. The lowest BCUT2D eigenvalue weighted by molar-refractivity contribution is 0.311. The summed E-state index contributed by atoms with van der Waals surface area (Å²) in [5.41, 5.74) is 2.62. The summed E-state index contributed by atoms with van der Waals surface area (Å²) < 4.78 is 1.04. The number of nitrogens with zero attached hydrogens (tertiary/aromatic N) is 3. The SMILES string of the molecule is OCCNc1nc(NCc2cccc(Br)c2)cc(-c2ccccn2)n1. The first kappa shape index (κ1) is 17.3. The normalized spacial score (nSPS) is 10.5. The van der Waals surface area contributed by atoms with Crippen LogP contribution in [0.5, 0.6) is 0 Å². The molecule has 0 aliphatic rings. The molecule has 7 heteroatoms. The predicted molar refractivity (Wildman–Crippen MR) is 102 cm³/mol. The van der Waals surface area contributed by atoms with Gasteiger partial charge in [-0.3, -0.25) is 4.98 Å². The van der Waals surface area contributed by atoms with E-state index in [1.807, 2.05) is 42.5 Å². The van der Waals surface area contributed by atoms with Crippen molar-refractivity contribution in [2.24, 2.45) is 0 Å². The Hall–Kier alpha value is -2.51. The maximum atomic E-state index is 9.01. The fourth-order valence-corrected chi connectivity index (χ4v) is 2.72. The molecule has 3 N–H and O–H groups in total. The molecular weight excluding hydrogens is 382 g/mol. The van der Waals surface area contributed by atoms with Gasteiger partial charge in [0.05, 0.1) is 18.0 Å². The first-order chi connectivity index (χ1) is 12.2. The maximum absolute atomic E-state index is 9.01. The minimum Gasteiger partial charge on any atom is -0.395 e. The number of halogens is 1. The molecule has 0 atom stereocenters. The van der Waals surface area contributed by atoms with Crippen molar-refractivity contribution in [3.05, 3.63) is 64.8 Å². The lowest BCUT2D eigenvalue weighted by Crippen LogP contribution is -2.11. The van der Waals surface area contributed by atoms with Crippen LogP contribution < -0.4 is 10.6 Å². The minimum atomic E-state index is 0.0119. The number of aromatic nitrogens is 3. The van der Waals surface area contributed by atoms with Gasteiger partial charge in [-0.15, -0.1) is 0 Å². The van der Waals surface area contributed by atoms with Crippen molar-refractivity contribution < 1.29 is 5.11 Å². The Morgan fingerprint density at radius 3 is 2.64 bits per heavy atom. The van der Waals surface area contributed by atoms with Gasteiger partial charge in [-0.05, 0) is 29.8 Å². The third kappa shape index (κ3) is 4.98. The Labute approximate surface area is 154 Å². The van der Waals surface area contributed by atoms with Gasteiger partial charge in [-0.2, -0.15) is 4.98 Å². The van der Waals surface area contributed by atoms with Crippen molar-refractivity contribution in [2.45, 2.75) is 6.54 Å². The monoisotopic (exact) mass is 399 g/mol. The van der Waals surface area contributed by atoms with E-state index in [0.717, 1.165) is 15.7 Å². The van der Waals surface area contributed by atoms with Crippen molar-refractivity contribution in [3.63, 3.8) is 0 Å². The molecule has 1 aromatic carbocycles. The van der Waals surface area contributed by atoms with Crippen LogP contribution in [0.2, 0.25) is 0 Å². The molecule has 25 heavy (non-hydrogen) atoms. The van der Waals surface area contributed by atoms with Gasteiger partial charge in [0.1, 0.15) is 5.82 Å².